The monoisotopic (exact) mass is 391 g/mol. The van der Waals surface area contributed by atoms with Crippen LogP contribution in [0.3, 0.4) is 0 Å². The van der Waals surface area contributed by atoms with Crippen LogP contribution in [0, 0.1) is 6.92 Å². The highest BCUT2D eigenvalue weighted by Gasteiger charge is 2.35. The second kappa shape index (κ2) is 6.93. The molecule has 0 saturated heterocycles. The fourth-order valence-corrected chi connectivity index (χ4v) is 2.51. The van der Waals surface area contributed by atoms with Crippen LogP contribution in [0.15, 0.2) is 30.3 Å². The Morgan fingerprint density at radius 3 is 2.12 bits per heavy atom. The number of alkyl halides is 3. The van der Waals surface area contributed by atoms with E-state index in [4.69, 9.17) is 28.3 Å². The van der Waals surface area contributed by atoms with E-state index < -0.39 is 29.2 Å². The zero-order valence-electron chi connectivity index (χ0n) is 12.5. The Bertz CT molecular complexity index is 843. The third kappa shape index (κ3) is 4.24. The molecule has 0 aliphatic heterocycles. The first-order valence-corrected chi connectivity index (χ1v) is 7.48. The van der Waals surface area contributed by atoms with Crippen LogP contribution in [0.1, 0.15) is 31.8 Å². The van der Waals surface area contributed by atoms with Crippen LogP contribution in [0.4, 0.5) is 18.9 Å². The van der Waals surface area contributed by atoms with Crippen molar-refractivity contribution in [1.29, 1.82) is 0 Å². The second-order valence-electron chi connectivity index (χ2n) is 5.08. The SMILES string of the molecule is Cc1c(Cl)cc(C(=O)Nc2ccc(C(=O)O)c(C(F)(F)F)c2)cc1Cl. The number of aromatic carboxylic acids is 1. The third-order valence-electron chi connectivity index (χ3n) is 3.36. The smallest absolute Gasteiger partial charge is 0.417 e. The molecule has 1 amide bonds. The summed E-state index contributed by atoms with van der Waals surface area (Å²) in [6, 6.07) is 5.05. The van der Waals surface area contributed by atoms with Gasteiger partial charge in [0.1, 0.15) is 0 Å². The van der Waals surface area contributed by atoms with Gasteiger partial charge in [-0.25, -0.2) is 4.79 Å². The van der Waals surface area contributed by atoms with Crippen molar-refractivity contribution < 1.29 is 27.9 Å². The number of carbonyl (C=O) groups excluding carboxylic acids is 1. The standard InChI is InChI=1S/C16H10Cl2F3NO3/c1-7-12(17)4-8(5-13(7)18)14(23)22-9-2-3-10(15(24)25)11(6-9)16(19,20)21/h2-6H,1H3,(H,22,23)(H,24,25). The molecule has 2 aromatic carbocycles. The molecule has 0 radical (unpaired) electrons. The summed E-state index contributed by atoms with van der Waals surface area (Å²) in [6.07, 6.45) is -4.88. The molecule has 2 N–H and O–H groups in total. The van der Waals surface area contributed by atoms with Crippen molar-refractivity contribution in [1.82, 2.24) is 0 Å². The number of rotatable bonds is 3. The Balaban J connectivity index is 2.37. The van der Waals surface area contributed by atoms with Gasteiger partial charge >= 0.3 is 12.1 Å². The molecule has 0 aliphatic rings. The van der Waals surface area contributed by atoms with Crippen molar-refractivity contribution in [3.05, 3.63) is 62.6 Å². The lowest BCUT2D eigenvalue weighted by molar-refractivity contribution is -0.138. The molecule has 2 aromatic rings. The molecule has 0 spiro atoms. The van der Waals surface area contributed by atoms with E-state index in [1.807, 2.05) is 0 Å². The maximum atomic E-state index is 13.0. The summed E-state index contributed by atoms with van der Waals surface area (Å²) in [5.74, 6) is -2.46. The number of nitrogens with one attached hydrogen (secondary N) is 1. The van der Waals surface area contributed by atoms with E-state index in [1.165, 1.54) is 12.1 Å². The Hall–Kier alpha value is -2.25. The van der Waals surface area contributed by atoms with Crippen LogP contribution in [0.5, 0.6) is 0 Å². The summed E-state index contributed by atoms with van der Waals surface area (Å²) in [7, 11) is 0. The molecule has 0 atom stereocenters. The molecule has 0 aromatic heterocycles. The molecule has 0 saturated carbocycles. The number of anilines is 1. The summed E-state index contributed by atoms with van der Waals surface area (Å²) < 4.78 is 39.0. The van der Waals surface area contributed by atoms with Gasteiger partial charge in [0, 0.05) is 21.3 Å². The fraction of sp³-hybridized carbons (Fsp3) is 0.125. The lowest BCUT2D eigenvalue weighted by atomic mass is 10.1. The predicted octanol–water partition coefficient (Wildman–Crippen LogP) is 5.27. The van der Waals surface area contributed by atoms with Crippen molar-refractivity contribution in [3.8, 4) is 0 Å². The number of benzene rings is 2. The van der Waals surface area contributed by atoms with E-state index >= 15 is 0 Å². The molecule has 2 rings (SSSR count). The van der Waals surface area contributed by atoms with E-state index in [0.717, 1.165) is 12.1 Å². The zero-order valence-corrected chi connectivity index (χ0v) is 14.1. The van der Waals surface area contributed by atoms with E-state index in [-0.39, 0.29) is 21.3 Å². The number of hydrogen-bond acceptors (Lipinski definition) is 2. The van der Waals surface area contributed by atoms with Gasteiger partial charge in [0.2, 0.25) is 0 Å². The summed E-state index contributed by atoms with van der Waals surface area (Å²) >= 11 is 11.9. The second-order valence-corrected chi connectivity index (χ2v) is 5.90. The molecule has 25 heavy (non-hydrogen) atoms. The molecule has 0 bridgehead atoms. The van der Waals surface area contributed by atoms with Crippen LogP contribution in [-0.2, 0) is 6.18 Å². The number of carbonyl (C=O) groups is 2. The van der Waals surface area contributed by atoms with Gasteiger partial charge < -0.3 is 10.4 Å². The predicted molar refractivity (Wildman–Crippen MR) is 87.6 cm³/mol. The minimum atomic E-state index is -4.88. The maximum absolute atomic E-state index is 13.0. The molecule has 0 unspecified atom stereocenters. The van der Waals surface area contributed by atoms with Crippen molar-refractivity contribution in [2.45, 2.75) is 13.1 Å². The van der Waals surface area contributed by atoms with Crippen molar-refractivity contribution in [2.24, 2.45) is 0 Å². The maximum Gasteiger partial charge on any atom is 0.417 e. The molecule has 132 valence electrons. The van der Waals surface area contributed by atoms with Crippen LogP contribution in [-0.4, -0.2) is 17.0 Å². The van der Waals surface area contributed by atoms with E-state index in [0.29, 0.717) is 11.6 Å². The fourth-order valence-electron chi connectivity index (χ4n) is 2.02. The van der Waals surface area contributed by atoms with Gasteiger partial charge in [-0.1, -0.05) is 23.2 Å². The molecule has 4 nitrogen and oxygen atoms in total. The number of halogens is 5. The topological polar surface area (TPSA) is 66.4 Å². The quantitative estimate of drug-likeness (QED) is 0.748. The zero-order chi connectivity index (χ0) is 18.9. The van der Waals surface area contributed by atoms with E-state index in [1.54, 1.807) is 6.92 Å². The van der Waals surface area contributed by atoms with Gasteiger partial charge in [0.25, 0.3) is 5.91 Å². The highest BCUT2D eigenvalue weighted by Crippen LogP contribution is 2.34. The van der Waals surface area contributed by atoms with Crippen LogP contribution in [0.2, 0.25) is 10.0 Å². The molecular weight excluding hydrogens is 382 g/mol. The van der Waals surface area contributed by atoms with E-state index in [9.17, 15) is 22.8 Å². The largest absolute Gasteiger partial charge is 0.478 e. The van der Waals surface area contributed by atoms with E-state index in [2.05, 4.69) is 5.32 Å². The highest BCUT2D eigenvalue weighted by atomic mass is 35.5. The Morgan fingerprint density at radius 1 is 1.08 bits per heavy atom. The lowest BCUT2D eigenvalue weighted by Crippen LogP contribution is -2.16. The summed E-state index contributed by atoms with van der Waals surface area (Å²) in [4.78, 5) is 23.1. The number of hydrogen-bond donors (Lipinski definition) is 2. The molecular formula is C16H10Cl2F3NO3. The first kappa shape index (κ1) is 19.1. The number of amides is 1. The third-order valence-corrected chi connectivity index (χ3v) is 4.14. The van der Waals surface area contributed by atoms with Gasteiger partial charge in [-0.3, -0.25) is 4.79 Å². The Morgan fingerprint density at radius 2 is 1.64 bits per heavy atom. The summed E-state index contributed by atoms with van der Waals surface area (Å²) in [5, 5.41) is 11.6. The molecule has 0 fully saturated rings. The molecule has 0 heterocycles. The van der Waals surface area contributed by atoms with Gasteiger partial charge in [0.15, 0.2) is 0 Å². The lowest BCUT2D eigenvalue weighted by Gasteiger charge is -2.13. The van der Waals surface area contributed by atoms with Gasteiger partial charge in [-0.05, 0) is 42.8 Å². The average Bonchev–Trinajstić information content (AvgIpc) is 2.50. The van der Waals surface area contributed by atoms with Crippen molar-refractivity contribution in [3.63, 3.8) is 0 Å². The minimum absolute atomic E-state index is 0.0523. The van der Waals surface area contributed by atoms with Crippen molar-refractivity contribution >= 4 is 40.8 Å². The number of carboxylic acid groups (broad SMARTS) is 1. The first-order valence-electron chi connectivity index (χ1n) is 6.72. The minimum Gasteiger partial charge on any atom is -0.478 e. The normalized spacial score (nSPS) is 11.3. The first-order chi connectivity index (χ1) is 11.5. The Kier molecular flexibility index (Phi) is 5.29. The van der Waals surface area contributed by atoms with Crippen LogP contribution < -0.4 is 5.32 Å². The van der Waals surface area contributed by atoms with Gasteiger partial charge in [-0.15, -0.1) is 0 Å². The number of carboxylic acids is 1. The molecule has 9 heteroatoms. The van der Waals surface area contributed by atoms with Crippen LogP contribution >= 0.6 is 23.2 Å². The van der Waals surface area contributed by atoms with Crippen LogP contribution in [0.25, 0.3) is 0 Å². The molecule has 0 aliphatic carbocycles. The highest BCUT2D eigenvalue weighted by molar-refractivity contribution is 6.36. The van der Waals surface area contributed by atoms with Gasteiger partial charge in [-0.2, -0.15) is 13.2 Å². The summed E-state index contributed by atoms with van der Waals surface area (Å²) in [6.45, 7) is 1.65. The Labute approximate surface area is 150 Å². The van der Waals surface area contributed by atoms with Gasteiger partial charge in [0.05, 0.1) is 11.1 Å². The summed E-state index contributed by atoms with van der Waals surface area (Å²) in [5.41, 5.74) is -1.87. The van der Waals surface area contributed by atoms with Crippen molar-refractivity contribution in [2.75, 3.05) is 5.32 Å². The average molecular weight is 392 g/mol.